The van der Waals surface area contributed by atoms with Crippen molar-refractivity contribution in [3.63, 3.8) is 0 Å². The van der Waals surface area contributed by atoms with Crippen LogP contribution in [0.25, 0.3) is 11.1 Å². The molecule has 114 valence electrons. The predicted octanol–water partition coefficient (Wildman–Crippen LogP) is 2.66. The van der Waals surface area contributed by atoms with Crippen LogP contribution in [0.15, 0.2) is 22.6 Å². The lowest BCUT2D eigenvalue weighted by atomic mass is 10.1. The molecule has 1 heterocycles. The van der Waals surface area contributed by atoms with Gasteiger partial charge < -0.3 is 20.2 Å². The predicted molar refractivity (Wildman–Crippen MR) is 81.2 cm³/mol. The van der Waals surface area contributed by atoms with Crippen molar-refractivity contribution in [3.05, 3.63) is 24.1 Å². The number of hydrogen-bond donors (Lipinski definition) is 3. The molecule has 0 fully saturated rings. The van der Waals surface area contributed by atoms with Gasteiger partial charge >= 0.3 is 6.03 Å². The Kier molecular flexibility index (Phi) is 4.80. The molecule has 0 bridgehead atoms. The number of carbonyl (C=O) groups is 1. The van der Waals surface area contributed by atoms with E-state index in [9.17, 15) is 9.90 Å². The fourth-order valence-corrected chi connectivity index (χ4v) is 2.13. The van der Waals surface area contributed by atoms with Gasteiger partial charge in [0.1, 0.15) is 5.52 Å². The number of rotatable bonds is 5. The third-order valence-electron chi connectivity index (χ3n) is 2.99. The first kappa shape index (κ1) is 15.3. The number of aliphatic hydroxyl groups is 1. The van der Waals surface area contributed by atoms with Crippen LogP contribution in [0.4, 0.5) is 10.5 Å². The van der Waals surface area contributed by atoms with Crippen LogP contribution in [0.1, 0.15) is 26.2 Å². The SMILES string of the molecule is Cc1nc2ccc(NC(=O)NCC(O)CC(C)C)cc2o1. The molecule has 2 amide bonds. The van der Waals surface area contributed by atoms with Crippen LogP contribution in [0.2, 0.25) is 0 Å². The first-order valence-corrected chi connectivity index (χ1v) is 7.04. The quantitative estimate of drug-likeness (QED) is 0.790. The van der Waals surface area contributed by atoms with Gasteiger partial charge in [0.25, 0.3) is 0 Å². The summed E-state index contributed by atoms with van der Waals surface area (Å²) in [6.07, 6.45) is 0.124. The van der Waals surface area contributed by atoms with Crippen molar-refractivity contribution in [1.82, 2.24) is 10.3 Å². The molecule has 2 rings (SSSR count). The Morgan fingerprint density at radius 2 is 2.19 bits per heavy atom. The van der Waals surface area contributed by atoms with Crippen LogP contribution in [0.3, 0.4) is 0 Å². The highest BCUT2D eigenvalue weighted by atomic mass is 16.3. The standard InChI is InChI=1S/C15H21N3O3/c1-9(2)6-12(19)8-16-15(20)18-11-4-5-13-14(7-11)21-10(3)17-13/h4-5,7,9,12,19H,6,8H2,1-3H3,(H2,16,18,20). The molecule has 3 N–H and O–H groups in total. The molecule has 0 spiro atoms. The molecule has 0 aliphatic carbocycles. The summed E-state index contributed by atoms with van der Waals surface area (Å²) in [5.74, 6) is 0.977. The number of nitrogens with one attached hydrogen (secondary N) is 2. The van der Waals surface area contributed by atoms with Gasteiger partial charge in [-0.2, -0.15) is 0 Å². The largest absolute Gasteiger partial charge is 0.441 e. The molecule has 6 nitrogen and oxygen atoms in total. The van der Waals surface area contributed by atoms with E-state index in [0.29, 0.717) is 29.5 Å². The lowest BCUT2D eigenvalue weighted by molar-refractivity contribution is 0.148. The van der Waals surface area contributed by atoms with Crippen LogP contribution in [0.5, 0.6) is 0 Å². The average Bonchev–Trinajstić information content (AvgIpc) is 2.75. The first-order chi connectivity index (χ1) is 9.94. The molecule has 21 heavy (non-hydrogen) atoms. The Morgan fingerprint density at radius 1 is 1.43 bits per heavy atom. The first-order valence-electron chi connectivity index (χ1n) is 7.04. The van der Waals surface area contributed by atoms with Crippen molar-refractivity contribution >= 4 is 22.8 Å². The van der Waals surface area contributed by atoms with E-state index < -0.39 is 6.10 Å². The molecule has 1 atom stereocenters. The van der Waals surface area contributed by atoms with E-state index in [0.717, 1.165) is 5.52 Å². The number of hydrogen-bond acceptors (Lipinski definition) is 4. The second kappa shape index (κ2) is 6.58. The summed E-state index contributed by atoms with van der Waals surface area (Å²) in [7, 11) is 0. The summed E-state index contributed by atoms with van der Waals surface area (Å²) >= 11 is 0. The highest BCUT2D eigenvalue weighted by Crippen LogP contribution is 2.19. The minimum absolute atomic E-state index is 0.230. The molecule has 1 aromatic carbocycles. The van der Waals surface area contributed by atoms with Gasteiger partial charge in [0.15, 0.2) is 11.5 Å². The smallest absolute Gasteiger partial charge is 0.319 e. The second-order valence-electron chi connectivity index (χ2n) is 5.53. The Labute approximate surface area is 123 Å². The summed E-state index contributed by atoms with van der Waals surface area (Å²) in [4.78, 5) is 16.0. The number of amides is 2. The van der Waals surface area contributed by atoms with Gasteiger partial charge in [0, 0.05) is 25.2 Å². The van der Waals surface area contributed by atoms with Crippen molar-refractivity contribution in [2.45, 2.75) is 33.3 Å². The zero-order valence-electron chi connectivity index (χ0n) is 12.5. The highest BCUT2D eigenvalue weighted by Gasteiger charge is 2.10. The lowest BCUT2D eigenvalue weighted by Crippen LogP contribution is -2.35. The monoisotopic (exact) mass is 291 g/mol. The zero-order chi connectivity index (χ0) is 15.4. The summed E-state index contributed by atoms with van der Waals surface area (Å²) in [6.45, 7) is 6.05. The zero-order valence-corrected chi connectivity index (χ0v) is 12.5. The van der Waals surface area contributed by atoms with Crippen molar-refractivity contribution in [1.29, 1.82) is 0 Å². The van der Waals surface area contributed by atoms with Crippen LogP contribution in [-0.2, 0) is 0 Å². The van der Waals surface area contributed by atoms with E-state index in [2.05, 4.69) is 15.6 Å². The topological polar surface area (TPSA) is 87.4 Å². The van der Waals surface area contributed by atoms with Crippen molar-refractivity contribution in [2.24, 2.45) is 5.92 Å². The molecule has 2 aromatic rings. The van der Waals surface area contributed by atoms with Crippen molar-refractivity contribution < 1.29 is 14.3 Å². The number of nitrogens with zero attached hydrogens (tertiary/aromatic N) is 1. The number of aromatic nitrogens is 1. The Balaban J connectivity index is 1.89. The van der Waals surface area contributed by atoms with E-state index >= 15 is 0 Å². The molecule has 0 radical (unpaired) electrons. The maximum Gasteiger partial charge on any atom is 0.319 e. The van der Waals surface area contributed by atoms with Crippen LogP contribution < -0.4 is 10.6 Å². The fraction of sp³-hybridized carbons (Fsp3) is 0.467. The van der Waals surface area contributed by atoms with E-state index in [1.807, 2.05) is 13.8 Å². The molecule has 1 unspecified atom stereocenters. The molecule has 0 saturated heterocycles. The van der Waals surface area contributed by atoms with E-state index in [1.54, 1.807) is 25.1 Å². The van der Waals surface area contributed by atoms with E-state index in [-0.39, 0.29) is 12.6 Å². The lowest BCUT2D eigenvalue weighted by Gasteiger charge is -2.14. The second-order valence-corrected chi connectivity index (χ2v) is 5.53. The summed E-state index contributed by atoms with van der Waals surface area (Å²) < 4.78 is 5.41. The number of aryl methyl sites for hydroxylation is 1. The molecular weight excluding hydrogens is 270 g/mol. The minimum Gasteiger partial charge on any atom is -0.441 e. The summed E-state index contributed by atoms with van der Waals surface area (Å²) in [5, 5.41) is 15.1. The summed E-state index contributed by atoms with van der Waals surface area (Å²) in [5.41, 5.74) is 2.01. The number of carbonyl (C=O) groups excluding carboxylic acids is 1. The number of fused-ring (bicyclic) bond motifs is 1. The van der Waals surface area contributed by atoms with Crippen LogP contribution in [0, 0.1) is 12.8 Å². The highest BCUT2D eigenvalue weighted by molar-refractivity contribution is 5.91. The maximum absolute atomic E-state index is 11.8. The Bertz CT molecular complexity index is 622. The van der Waals surface area contributed by atoms with Gasteiger partial charge in [-0.1, -0.05) is 13.8 Å². The van der Waals surface area contributed by atoms with Crippen molar-refractivity contribution in [2.75, 3.05) is 11.9 Å². The molecule has 1 aromatic heterocycles. The van der Waals surface area contributed by atoms with Gasteiger partial charge in [-0.05, 0) is 24.5 Å². The number of benzene rings is 1. The van der Waals surface area contributed by atoms with Gasteiger partial charge in [0.2, 0.25) is 0 Å². The van der Waals surface area contributed by atoms with E-state index in [4.69, 9.17) is 4.42 Å². The number of anilines is 1. The molecule has 6 heteroatoms. The van der Waals surface area contributed by atoms with Crippen molar-refractivity contribution in [3.8, 4) is 0 Å². The third kappa shape index (κ3) is 4.46. The molecule has 0 aliphatic heterocycles. The van der Waals surface area contributed by atoms with Gasteiger partial charge in [-0.3, -0.25) is 0 Å². The Morgan fingerprint density at radius 3 is 2.90 bits per heavy atom. The van der Waals surface area contributed by atoms with Gasteiger partial charge in [-0.25, -0.2) is 9.78 Å². The van der Waals surface area contributed by atoms with Gasteiger partial charge in [0.05, 0.1) is 6.10 Å². The van der Waals surface area contributed by atoms with Gasteiger partial charge in [-0.15, -0.1) is 0 Å². The number of aliphatic hydroxyl groups excluding tert-OH is 1. The molecular formula is C15H21N3O3. The molecule has 0 aliphatic rings. The minimum atomic E-state index is -0.532. The van der Waals surface area contributed by atoms with Crippen LogP contribution >= 0.6 is 0 Å². The van der Waals surface area contributed by atoms with E-state index in [1.165, 1.54) is 0 Å². The maximum atomic E-state index is 11.8. The third-order valence-corrected chi connectivity index (χ3v) is 2.99. The van der Waals surface area contributed by atoms with Crippen LogP contribution in [-0.4, -0.2) is 28.8 Å². The number of oxazole rings is 1. The average molecular weight is 291 g/mol. The summed E-state index contributed by atoms with van der Waals surface area (Å²) in [6, 6.07) is 4.91. The normalized spacial score (nSPS) is 12.6. The molecule has 0 saturated carbocycles. The fourth-order valence-electron chi connectivity index (χ4n) is 2.13. The Hall–Kier alpha value is -2.08. The number of urea groups is 1.